The maximum absolute atomic E-state index is 12.3. The van der Waals surface area contributed by atoms with E-state index in [4.69, 9.17) is 11.2 Å². The highest BCUT2D eigenvalue weighted by molar-refractivity contribution is 6.17. The predicted molar refractivity (Wildman–Crippen MR) is 78.7 cm³/mol. The van der Waals surface area contributed by atoms with Gasteiger partial charge in [0.15, 0.2) is 0 Å². The lowest BCUT2D eigenvalue weighted by atomic mass is 9.94. The van der Waals surface area contributed by atoms with Gasteiger partial charge in [-0.15, -0.1) is 6.42 Å². The van der Waals surface area contributed by atoms with Gasteiger partial charge in [0.25, 0.3) is 0 Å². The first-order valence-corrected chi connectivity index (χ1v) is 7.26. The van der Waals surface area contributed by atoms with Crippen LogP contribution < -0.4 is 0 Å². The van der Waals surface area contributed by atoms with E-state index >= 15 is 0 Å². The standard InChI is InChI=1S/C18H18O3/c1-3-10-21-11-14-17(13-6-4-12(2)5-7-13)18(14)15(19)8-9-16(18)20/h1,4-7,14,17H,8-11H2,2H3/t14-,17-/m0/s1. The van der Waals surface area contributed by atoms with Crippen LogP contribution in [0.3, 0.4) is 0 Å². The second kappa shape index (κ2) is 5.13. The van der Waals surface area contributed by atoms with E-state index in [1.54, 1.807) is 0 Å². The highest BCUT2D eigenvalue weighted by Crippen LogP contribution is 2.68. The van der Waals surface area contributed by atoms with Gasteiger partial charge in [0.2, 0.25) is 0 Å². The number of aryl methyl sites for hydroxylation is 1. The van der Waals surface area contributed by atoms with E-state index in [2.05, 4.69) is 5.92 Å². The molecule has 2 atom stereocenters. The molecule has 1 spiro atoms. The molecule has 2 aliphatic carbocycles. The summed E-state index contributed by atoms with van der Waals surface area (Å²) in [4.78, 5) is 24.7. The molecular formula is C18H18O3. The largest absolute Gasteiger partial charge is 0.368 e. The zero-order chi connectivity index (χ0) is 15.0. The molecule has 0 radical (unpaired) electrons. The monoisotopic (exact) mass is 282 g/mol. The minimum absolute atomic E-state index is 0.0432. The number of terminal acetylenes is 1. The third kappa shape index (κ3) is 2.02. The topological polar surface area (TPSA) is 43.4 Å². The van der Waals surface area contributed by atoms with Crippen LogP contribution in [-0.2, 0) is 14.3 Å². The molecule has 21 heavy (non-hydrogen) atoms. The van der Waals surface area contributed by atoms with Crippen molar-refractivity contribution in [1.29, 1.82) is 0 Å². The number of benzene rings is 1. The highest BCUT2D eigenvalue weighted by atomic mass is 16.5. The molecule has 3 rings (SSSR count). The Labute approximate surface area is 124 Å². The minimum atomic E-state index is -0.830. The predicted octanol–water partition coefficient (Wildman–Crippen LogP) is 2.28. The van der Waals surface area contributed by atoms with Crippen molar-refractivity contribution < 1.29 is 14.3 Å². The van der Waals surface area contributed by atoms with E-state index in [1.807, 2.05) is 31.2 Å². The average Bonchev–Trinajstić information content (AvgIpc) is 3.06. The van der Waals surface area contributed by atoms with Crippen LogP contribution in [0.5, 0.6) is 0 Å². The molecule has 2 saturated carbocycles. The summed E-state index contributed by atoms with van der Waals surface area (Å²) in [5, 5.41) is 0. The molecule has 0 aliphatic heterocycles. The summed E-state index contributed by atoms with van der Waals surface area (Å²) in [6, 6.07) is 8.07. The Morgan fingerprint density at radius 3 is 2.43 bits per heavy atom. The number of carbonyl (C=O) groups excluding carboxylic acids is 2. The lowest BCUT2D eigenvalue weighted by Gasteiger charge is -2.06. The van der Waals surface area contributed by atoms with Crippen molar-refractivity contribution in [2.75, 3.05) is 13.2 Å². The third-order valence-electron chi connectivity index (χ3n) is 4.79. The number of hydrogen-bond acceptors (Lipinski definition) is 3. The summed E-state index contributed by atoms with van der Waals surface area (Å²) in [5.41, 5.74) is 1.39. The Bertz CT molecular complexity index is 605. The molecule has 3 heteroatoms. The molecule has 0 N–H and O–H groups in total. The summed E-state index contributed by atoms with van der Waals surface area (Å²) in [6.45, 7) is 2.61. The van der Waals surface area contributed by atoms with Gasteiger partial charge in [-0.1, -0.05) is 35.7 Å². The summed E-state index contributed by atoms with van der Waals surface area (Å²) in [5.74, 6) is 2.47. The molecule has 2 aliphatic rings. The molecule has 108 valence electrons. The summed E-state index contributed by atoms with van der Waals surface area (Å²) in [7, 11) is 0. The first kappa shape index (κ1) is 14.0. The van der Waals surface area contributed by atoms with Gasteiger partial charge in [0, 0.05) is 24.7 Å². The maximum atomic E-state index is 12.3. The average molecular weight is 282 g/mol. The van der Waals surface area contributed by atoms with E-state index in [1.165, 1.54) is 0 Å². The molecule has 0 saturated heterocycles. The van der Waals surface area contributed by atoms with Gasteiger partial charge >= 0.3 is 0 Å². The summed E-state index contributed by atoms with van der Waals surface area (Å²) >= 11 is 0. The van der Waals surface area contributed by atoms with Crippen LogP contribution in [0.15, 0.2) is 24.3 Å². The molecular weight excluding hydrogens is 264 g/mol. The number of carbonyl (C=O) groups is 2. The second-order valence-electron chi connectivity index (χ2n) is 5.93. The van der Waals surface area contributed by atoms with Crippen LogP contribution in [0.2, 0.25) is 0 Å². The number of hydrogen-bond donors (Lipinski definition) is 0. The van der Waals surface area contributed by atoms with Crippen molar-refractivity contribution >= 4 is 11.6 Å². The SMILES string of the molecule is C#CCOC[C@H]1[C@H](c2ccc(C)cc2)C12C(=O)CCC2=O. The fraction of sp³-hybridized carbons (Fsp3) is 0.444. The lowest BCUT2D eigenvalue weighted by molar-refractivity contribution is -0.130. The summed E-state index contributed by atoms with van der Waals surface area (Å²) in [6.07, 6.45) is 5.92. The third-order valence-corrected chi connectivity index (χ3v) is 4.79. The van der Waals surface area contributed by atoms with Crippen LogP contribution in [-0.4, -0.2) is 24.8 Å². The Hall–Kier alpha value is -1.92. The zero-order valence-corrected chi connectivity index (χ0v) is 12.1. The minimum Gasteiger partial charge on any atom is -0.368 e. The van der Waals surface area contributed by atoms with Crippen LogP contribution in [0.4, 0.5) is 0 Å². The number of Topliss-reactive ketones (excluding diaryl/α,β-unsaturated/α-hetero) is 2. The van der Waals surface area contributed by atoms with Gasteiger partial charge in [-0.05, 0) is 12.5 Å². The van der Waals surface area contributed by atoms with Gasteiger partial charge in [0.05, 0.1) is 6.61 Å². The van der Waals surface area contributed by atoms with Crippen LogP contribution in [0, 0.1) is 30.6 Å². The second-order valence-corrected chi connectivity index (χ2v) is 5.93. The molecule has 0 amide bonds. The van der Waals surface area contributed by atoms with Gasteiger partial charge < -0.3 is 4.74 Å². The maximum Gasteiger partial charge on any atom is 0.147 e. The van der Waals surface area contributed by atoms with Crippen molar-refractivity contribution in [3.05, 3.63) is 35.4 Å². The smallest absolute Gasteiger partial charge is 0.147 e. The lowest BCUT2D eigenvalue weighted by Crippen LogP contribution is -2.21. The van der Waals surface area contributed by atoms with Crippen molar-refractivity contribution in [3.63, 3.8) is 0 Å². The van der Waals surface area contributed by atoms with Crippen LogP contribution in [0.1, 0.15) is 29.9 Å². The molecule has 0 heterocycles. The van der Waals surface area contributed by atoms with Crippen LogP contribution >= 0.6 is 0 Å². The van der Waals surface area contributed by atoms with E-state index in [9.17, 15) is 9.59 Å². The Morgan fingerprint density at radius 2 is 1.86 bits per heavy atom. The van der Waals surface area contributed by atoms with E-state index in [-0.39, 0.29) is 30.0 Å². The fourth-order valence-corrected chi connectivity index (χ4v) is 3.76. The van der Waals surface area contributed by atoms with Crippen molar-refractivity contribution in [2.24, 2.45) is 11.3 Å². The van der Waals surface area contributed by atoms with E-state index in [0.29, 0.717) is 19.4 Å². The first-order valence-electron chi connectivity index (χ1n) is 7.26. The molecule has 3 nitrogen and oxygen atoms in total. The van der Waals surface area contributed by atoms with Gasteiger partial charge in [0.1, 0.15) is 23.6 Å². The van der Waals surface area contributed by atoms with Crippen molar-refractivity contribution in [1.82, 2.24) is 0 Å². The molecule has 2 fully saturated rings. The molecule has 1 aromatic carbocycles. The van der Waals surface area contributed by atoms with Gasteiger partial charge in [-0.2, -0.15) is 0 Å². The number of rotatable bonds is 4. The normalized spacial score (nSPS) is 26.1. The summed E-state index contributed by atoms with van der Waals surface area (Å²) < 4.78 is 5.43. The van der Waals surface area contributed by atoms with Gasteiger partial charge in [-0.3, -0.25) is 9.59 Å². The zero-order valence-electron chi connectivity index (χ0n) is 12.1. The molecule has 0 bridgehead atoms. The molecule has 0 unspecified atom stereocenters. The van der Waals surface area contributed by atoms with Crippen LogP contribution in [0.25, 0.3) is 0 Å². The fourth-order valence-electron chi connectivity index (χ4n) is 3.76. The Balaban J connectivity index is 1.90. The Kier molecular flexibility index (Phi) is 3.43. The number of ketones is 2. The van der Waals surface area contributed by atoms with Crippen molar-refractivity contribution in [2.45, 2.75) is 25.7 Å². The van der Waals surface area contributed by atoms with E-state index < -0.39 is 5.41 Å². The highest BCUT2D eigenvalue weighted by Gasteiger charge is 2.74. The van der Waals surface area contributed by atoms with Crippen molar-refractivity contribution in [3.8, 4) is 12.3 Å². The number of ether oxygens (including phenoxy) is 1. The van der Waals surface area contributed by atoms with Gasteiger partial charge in [-0.25, -0.2) is 0 Å². The first-order chi connectivity index (χ1) is 10.1. The molecule has 1 aromatic rings. The quantitative estimate of drug-likeness (QED) is 0.483. The Morgan fingerprint density at radius 1 is 1.24 bits per heavy atom. The molecule has 0 aromatic heterocycles. The van der Waals surface area contributed by atoms with E-state index in [0.717, 1.165) is 11.1 Å².